The van der Waals surface area contributed by atoms with E-state index in [0.29, 0.717) is 6.42 Å². The Labute approximate surface area is 107 Å². The second-order valence-electron chi connectivity index (χ2n) is 4.58. The molecule has 6 heteroatoms. The van der Waals surface area contributed by atoms with Crippen LogP contribution in [0.4, 0.5) is 0 Å². The molecule has 0 bridgehead atoms. The molecule has 2 N–H and O–H groups in total. The van der Waals surface area contributed by atoms with Crippen molar-refractivity contribution in [2.75, 3.05) is 0 Å². The predicted octanol–water partition coefficient (Wildman–Crippen LogP) is 1.68. The monoisotopic (exact) mass is 271 g/mol. The molecule has 0 aromatic heterocycles. The Morgan fingerprint density at radius 1 is 1.39 bits per heavy atom. The van der Waals surface area contributed by atoms with E-state index in [0.717, 1.165) is 0 Å². The van der Waals surface area contributed by atoms with Crippen LogP contribution in [0.5, 0.6) is 0 Å². The largest absolute Gasteiger partial charge is 0.456 e. The second kappa shape index (κ2) is 5.07. The lowest BCUT2D eigenvalue weighted by atomic mass is 10.1. The molecule has 0 heterocycles. The van der Waals surface area contributed by atoms with Gasteiger partial charge in [-0.1, -0.05) is 13.0 Å². The smallest absolute Gasteiger partial charge is 0.338 e. The van der Waals surface area contributed by atoms with Crippen molar-refractivity contribution in [1.29, 1.82) is 0 Å². The van der Waals surface area contributed by atoms with Crippen LogP contribution in [0.1, 0.15) is 37.6 Å². The molecular weight excluding hydrogens is 254 g/mol. The summed E-state index contributed by atoms with van der Waals surface area (Å²) in [7, 11) is -3.82. The molecule has 0 aliphatic carbocycles. The number of carbonyl (C=O) groups is 1. The van der Waals surface area contributed by atoms with Crippen molar-refractivity contribution in [2.45, 2.75) is 37.7 Å². The van der Waals surface area contributed by atoms with Crippen molar-refractivity contribution in [1.82, 2.24) is 0 Å². The van der Waals surface area contributed by atoms with Crippen LogP contribution >= 0.6 is 0 Å². The standard InChI is InChI=1S/C12H17NO4S/c1-4-12(2,3)17-11(14)9-6-5-7-10(8-9)18(13,15)16/h5-8H,4H2,1-3H3,(H2,13,15,16). The second-order valence-corrected chi connectivity index (χ2v) is 6.14. The van der Waals surface area contributed by atoms with Crippen LogP contribution in [0, 0.1) is 0 Å². The lowest BCUT2D eigenvalue weighted by Gasteiger charge is -2.23. The molecular formula is C12H17NO4S. The van der Waals surface area contributed by atoms with Crippen LogP contribution in [-0.4, -0.2) is 20.0 Å². The van der Waals surface area contributed by atoms with Gasteiger partial charge in [-0.15, -0.1) is 0 Å². The molecule has 1 aromatic rings. The maximum atomic E-state index is 11.8. The number of ether oxygens (including phenoxy) is 1. The molecule has 0 saturated heterocycles. The molecule has 18 heavy (non-hydrogen) atoms. The third-order valence-corrected chi connectivity index (χ3v) is 3.53. The van der Waals surface area contributed by atoms with E-state index in [-0.39, 0.29) is 10.5 Å². The van der Waals surface area contributed by atoms with Gasteiger partial charge < -0.3 is 4.74 Å². The first-order chi connectivity index (χ1) is 8.15. The molecule has 0 atom stereocenters. The molecule has 0 saturated carbocycles. The molecule has 1 aromatic carbocycles. The summed E-state index contributed by atoms with van der Waals surface area (Å²) in [4.78, 5) is 11.7. The first kappa shape index (κ1) is 14.7. The van der Waals surface area contributed by atoms with E-state index >= 15 is 0 Å². The highest BCUT2D eigenvalue weighted by Gasteiger charge is 2.22. The summed E-state index contributed by atoms with van der Waals surface area (Å²) in [6.07, 6.45) is 0.660. The van der Waals surface area contributed by atoms with Crippen molar-refractivity contribution < 1.29 is 17.9 Å². The van der Waals surface area contributed by atoms with E-state index in [2.05, 4.69) is 0 Å². The summed E-state index contributed by atoms with van der Waals surface area (Å²) in [5, 5.41) is 5.00. The first-order valence-electron chi connectivity index (χ1n) is 5.52. The van der Waals surface area contributed by atoms with Crippen molar-refractivity contribution in [3.63, 3.8) is 0 Å². The van der Waals surface area contributed by atoms with Crippen molar-refractivity contribution in [3.05, 3.63) is 29.8 Å². The quantitative estimate of drug-likeness (QED) is 0.844. The summed E-state index contributed by atoms with van der Waals surface area (Å²) in [5.41, 5.74) is -0.419. The summed E-state index contributed by atoms with van der Waals surface area (Å²) >= 11 is 0. The van der Waals surface area contributed by atoms with Gasteiger partial charge in [-0.05, 0) is 38.5 Å². The Hall–Kier alpha value is -1.40. The van der Waals surface area contributed by atoms with E-state index in [1.54, 1.807) is 13.8 Å². The fraction of sp³-hybridized carbons (Fsp3) is 0.417. The van der Waals surface area contributed by atoms with Gasteiger partial charge in [0.2, 0.25) is 10.0 Å². The van der Waals surface area contributed by atoms with Gasteiger partial charge >= 0.3 is 5.97 Å². The molecule has 0 fully saturated rings. The maximum Gasteiger partial charge on any atom is 0.338 e. The van der Waals surface area contributed by atoms with E-state index < -0.39 is 21.6 Å². The minimum atomic E-state index is -3.82. The van der Waals surface area contributed by atoms with Gasteiger partial charge in [0.05, 0.1) is 10.5 Å². The van der Waals surface area contributed by atoms with Crippen molar-refractivity contribution in [3.8, 4) is 0 Å². The number of nitrogens with two attached hydrogens (primary N) is 1. The minimum Gasteiger partial charge on any atom is -0.456 e. The number of rotatable bonds is 4. The lowest BCUT2D eigenvalue weighted by molar-refractivity contribution is -0.00245. The minimum absolute atomic E-state index is 0.105. The number of primary sulfonamides is 1. The number of esters is 1. The van der Waals surface area contributed by atoms with Crippen LogP contribution in [0.15, 0.2) is 29.2 Å². The Balaban J connectivity index is 3.02. The zero-order valence-electron chi connectivity index (χ0n) is 10.6. The third kappa shape index (κ3) is 3.82. The summed E-state index contributed by atoms with van der Waals surface area (Å²) in [5.74, 6) is -0.563. The topological polar surface area (TPSA) is 86.5 Å². The molecule has 0 amide bonds. The zero-order chi connectivity index (χ0) is 14.0. The average molecular weight is 271 g/mol. The highest BCUT2D eigenvalue weighted by atomic mass is 32.2. The summed E-state index contributed by atoms with van der Waals surface area (Å²) in [6, 6.07) is 5.48. The molecule has 5 nitrogen and oxygen atoms in total. The Kier molecular flexibility index (Phi) is 4.13. The van der Waals surface area contributed by atoms with Gasteiger partial charge in [0.25, 0.3) is 0 Å². The van der Waals surface area contributed by atoms with Gasteiger partial charge in [-0.25, -0.2) is 18.4 Å². The number of carbonyl (C=O) groups excluding carboxylic acids is 1. The fourth-order valence-electron chi connectivity index (χ4n) is 1.18. The Bertz CT molecular complexity index is 549. The van der Waals surface area contributed by atoms with Crippen molar-refractivity contribution in [2.24, 2.45) is 5.14 Å². The maximum absolute atomic E-state index is 11.8. The zero-order valence-corrected chi connectivity index (χ0v) is 11.5. The average Bonchev–Trinajstić information content (AvgIpc) is 2.27. The Morgan fingerprint density at radius 3 is 2.50 bits per heavy atom. The number of hydrogen-bond acceptors (Lipinski definition) is 4. The van der Waals surface area contributed by atoms with Crippen LogP contribution in [0.2, 0.25) is 0 Å². The molecule has 0 aliphatic heterocycles. The normalized spacial score (nSPS) is 12.2. The molecule has 0 radical (unpaired) electrons. The van der Waals surface area contributed by atoms with Gasteiger partial charge in [0.15, 0.2) is 0 Å². The number of benzene rings is 1. The van der Waals surface area contributed by atoms with Crippen LogP contribution in [0.25, 0.3) is 0 Å². The molecule has 0 spiro atoms. The molecule has 0 unspecified atom stereocenters. The van der Waals surface area contributed by atoms with Crippen LogP contribution in [0.3, 0.4) is 0 Å². The van der Waals surface area contributed by atoms with Gasteiger partial charge in [-0.3, -0.25) is 0 Å². The molecule has 0 aliphatic rings. The third-order valence-electron chi connectivity index (χ3n) is 2.62. The molecule has 1 rings (SSSR count). The van der Waals surface area contributed by atoms with E-state index in [1.165, 1.54) is 24.3 Å². The van der Waals surface area contributed by atoms with Gasteiger partial charge in [0, 0.05) is 0 Å². The number of hydrogen-bond donors (Lipinski definition) is 1. The number of sulfonamides is 1. The van der Waals surface area contributed by atoms with Crippen LogP contribution < -0.4 is 5.14 Å². The first-order valence-corrected chi connectivity index (χ1v) is 7.06. The highest BCUT2D eigenvalue weighted by Crippen LogP contribution is 2.18. The highest BCUT2D eigenvalue weighted by molar-refractivity contribution is 7.89. The van der Waals surface area contributed by atoms with Crippen LogP contribution in [-0.2, 0) is 14.8 Å². The van der Waals surface area contributed by atoms with Gasteiger partial charge in [0.1, 0.15) is 5.60 Å². The lowest BCUT2D eigenvalue weighted by Crippen LogP contribution is -2.27. The summed E-state index contributed by atoms with van der Waals surface area (Å²) < 4.78 is 27.6. The SMILES string of the molecule is CCC(C)(C)OC(=O)c1cccc(S(N)(=O)=O)c1. The fourth-order valence-corrected chi connectivity index (χ4v) is 1.74. The summed E-state index contributed by atoms with van der Waals surface area (Å²) in [6.45, 7) is 5.47. The van der Waals surface area contributed by atoms with E-state index in [1.807, 2.05) is 6.92 Å². The van der Waals surface area contributed by atoms with Gasteiger partial charge in [-0.2, -0.15) is 0 Å². The Morgan fingerprint density at radius 2 is 2.00 bits per heavy atom. The van der Waals surface area contributed by atoms with E-state index in [4.69, 9.17) is 9.88 Å². The predicted molar refractivity (Wildman–Crippen MR) is 67.6 cm³/mol. The van der Waals surface area contributed by atoms with E-state index in [9.17, 15) is 13.2 Å². The van der Waals surface area contributed by atoms with Crippen molar-refractivity contribution >= 4 is 16.0 Å². The molecule has 100 valence electrons.